The molecule has 0 aliphatic heterocycles. The zero-order valence-electron chi connectivity index (χ0n) is 10.1. The topological polar surface area (TPSA) is 43.8 Å². The molecule has 0 radical (unpaired) electrons. The maximum atomic E-state index is 6.19. The normalized spacial score (nSPS) is 13.6. The van der Waals surface area contributed by atoms with E-state index in [4.69, 9.17) is 5.73 Å². The van der Waals surface area contributed by atoms with E-state index in [9.17, 15) is 0 Å². The van der Waals surface area contributed by atoms with Gasteiger partial charge < -0.3 is 10.3 Å². The van der Waals surface area contributed by atoms with Crippen molar-refractivity contribution in [3.8, 4) is 0 Å². The molecule has 16 heavy (non-hydrogen) atoms. The van der Waals surface area contributed by atoms with E-state index in [-0.39, 0.29) is 6.04 Å². The van der Waals surface area contributed by atoms with Crippen LogP contribution in [0.15, 0.2) is 24.3 Å². The summed E-state index contributed by atoms with van der Waals surface area (Å²) in [6.45, 7) is 7.30. The Balaban J connectivity index is 2.60. The number of rotatable bonds is 3. The fourth-order valence-corrected chi connectivity index (χ4v) is 1.98. The van der Waals surface area contributed by atoms with Crippen LogP contribution in [0.3, 0.4) is 0 Å². The third-order valence-corrected chi connectivity index (χ3v) is 3.02. The van der Waals surface area contributed by atoms with E-state index in [1.807, 2.05) is 18.2 Å². The number of hydrogen-bond acceptors (Lipinski definition) is 2. The Labute approximate surface area is 96.3 Å². The van der Waals surface area contributed by atoms with Gasteiger partial charge in [-0.1, -0.05) is 26.0 Å². The van der Waals surface area contributed by atoms with E-state index in [0.29, 0.717) is 5.92 Å². The molecule has 3 nitrogen and oxygen atoms in total. The molecule has 1 atom stereocenters. The van der Waals surface area contributed by atoms with Crippen LogP contribution in [-0.4, -0.2) is 9.55 Å². The van der Waals surface area contributed by atoms with Crippen LogP contribution in [0.1, 0.15) is 32.6 Å². The molecule has 2 N–H and O–H groups in total. The molecule has 0 saturated heterocycles. The van der Waals surface area contributed by atoms with E-state index < -0.39 is 0 Å². The van der Waals surface area contributed by atoms with Crippen LogP contribution in [0.4, 0.5) is 0 Å². The molecule has 86 valence electrons. The molecule has 0 spiro atoms. The zero-order valence-corrected chi connectivity index (χ0v) is 10.1. The fraction of sp³-hybridized carbons (Fsp3) is 0.462. The maximum absolute atomic E-state index is 6.19. The quantitative estimate of drug-likeness (QED) is 0.859. The molecule has 0 fully saturated rings. The first kappa shape index (κ1) is 11.1. The monoisotopic (exact) mass is 217 g/mol. The molecule has 0 saturated carbocycles. The first-order valence-electron chi connectivity index (χ1n) is 5.86. The largest absolute Gasteiger partial charge is 0.327 e. The number of nitrogens with two attached hydrogens (primary N) is 1. The van der Waals surface area contributed by atoms with Gasteiger partial charge in [-0.25, -0.2) is 4.98 Å². The van der Waals surface area contributed by atoms with Gasteiger partial charge in [0.1, 0.15) is 5.82 Å². The van der Waals surface area contributed by atoms with E-state index in [1.165, 1.54) is 5.52 Å². The molecular weight excluding hydrogens is 198 g/mol. The Morgan fingerprint density at radius 3 is 2.62 bits per heavy atom. The molecule has 0 aliphatic rings. The summed E-state index contributed by atoms with van der Waals surface area (Å²) in [6.07, 6.45) is 0. The molecule has 0 amide bonds. The molecule has 2 rings (SSSR count). The number of para-hydroxylation sites is 2. The number of benzene rings is 1. The highest BCUT2D eigenvalue weighted by molar-refractivity contribution is 5.76. The number of nitrogens with zero attached hydrogens (tertiary/aromatic N) is 2. The Hall–Kier alpha value is -1.35. The SMILES string of the molecule is CCn1c(C(N)C(C)C)nc2ccccc21. The van der Waals surface area contributed by atoms with Crippen molar-refractivity contribution >= 4 is 11.0 Å². The standard InChI is InChI=1S/C13H19N3/c1-4-16-11-8-6-5-7-10(11)15-13(16)12(14)9(2)3/h5-9,12H,4,14H2,1-3H3. The van der Waals surface area contributed by atoms with Crippen molar-refractivity contribution < 1.29 is 0 Å². The molecule has 1 aromatic carbocycles. The number of aryl methyl sites for hydroxylation is 1. The van der Waals surface area contributed by atoms with Crippen LogP contribution in [0.25, 0.3) is 11.0 Å². The number of fused-ring (bicyclic) bond motifs is 1. The van der Waals surface area contributed by atoms with Crippen LogP contribution in [0.2, 0.25) is 0 Å². The average molecular weight is 217 g/mol. The van der Waals surface area contributed by atoms with Crippen LogP contribution in [0, 0.1) is 5.92 Å². The van der Waals surface area contributed by atoms with Gasteiger partial charge in [0, 0.05) is 6.54 Å². The summed E-state index contributed by atoms with van der Waals surface area (Å²) in [5.41, 5.74) is 8.41. The predicted octanol–water partition coefficient (Wildman–Crippen LogP) is 2.71. The summed E-state index contributed by atoms with van der Waals surface area (Å²) in [7, 11) is 0. The summed E-state index contributed by atoms with van der Waals surface area (Å²) >= 11 is 0. The van der Waals surface area contributed by atoms with Crippen LogP contribution in [0.5, 0.6) is 0 Å². The minimum atomic E-state index is 0.00681. The first-order chi connectivity index (χ1) is 7.65. The second-order valence-corrected chi connectivity index (χ2v) is 4.47. The lowest BCUT2D eigenvalue weighted by molar-refractivity contribution is 0.472. The zero-order chi connectivity index (χ0) is 11.7. The second-order valence-electron chi connectivity index (χ2n) is 4.47. The highest BCUT2D eigenvalue weighted by Crippen LogP contribution is 2.23. The highest BCUT2D eigenvalue weighted by atomic mass is 15.1. The minimum absolute atomic E-state index is 0.00681. The minimum Gasteiger partial charge on any atom is -0.327 e. The van der Waals surface area contributed by atoms with E-state index >= 15 is 0 Å². The average Bonchev–Trinajstić information content (AvgIpc) is 2.65. The van der Waals surface area contributed by atoms with Crippen molar-refractivity contribution in [2.75, 3.05) is 0 Å². The van der Waals surface area contributed by atoms with Gasteiger partial charge in [0.2, 0.25) is 0 Å². The summed E-state index contributed by atoms with van der Waals surface area (Å²) in [6, 6.07) is 8.20. The smallest absolute Gasteiger partial charge is 0.127 e. The second kappa shape index (κ2) is 4.26. The van der Waals surface area contributed by atoms with Crippen LogP contribution >= 0.6 is 0 Å². The summed E-state index contributed by atoms with van der Waals surface area (Å²) in [4.78, 5) is 4.64. The van der Waals surface area contributed by atoms with Gasteiger partial charge in [0.15, 0.2) is 0 Å². The molecule has 1 aromatic heterocycles. The molecule has 2 aromatic rings. The predicted molar refractivity (Wildman–Crippen MR) is 67.2 cm³/mol. The van der Waals surface area contributed by atoms with Crippen LogP contribution in [-0.2, 0) is 6.54 Å². The highest BCUT2D eigenvalue weighted by Gasteiger charge is 2.18. The van der Waals surface area contributed by atoms with Gasteiger partial charge in [0.05, 0.1) is 17.1 Å². The number of hydrogen-bond donors (Lipinski definition) is 1. The van der Waals surface area contributed by atoms with Gasteiger partial charge >= 0.3 is 0 Å². The molecule has 0 bridgehead atoms. The third kappa shape index (κ3) is 1.71. The van der Waals surface area contributed by atoms with Crippen molar-refractivity contribution in [3.63, 3.8) is 0 Å². The van der Waals surface area contributed by atoms with Crippen molar-refractivity contribution in [3.05, 3.63) is 30.1 Å². The molecule has 1 heterocycles. The summed E-state index contributed by atoms with van der Waals surface area (Å²) in [5, 5.41) is 0. The van der Waals surface area contributed by atoms with Crippen molar-refractivity contribution in [1.82, 2.24) is 9.55 Å². The Kier molecular flexibility index (Phi) is 2.97. The number of imidazole rings is 1. The van der Waals surface area contributed by atoms with Gasteiger partial charge in [-0.2, -0.15) is 0 Å². The van der Waals surface area contributed by atoms with E-state index in [2.05, 4.69) is 36.4 Å². The van der Waals surface area contributed by atoms with E-state index in [1.54, 1.807) is 0 Å². The van der Waals surface area contributed by atoms with Crippen LogP contribution < -0.4 is 5.73 Å². The molecule has 0 aliphatic carbocycles. The van der Waals surface area contributed by atoms with Crippen molar-refractivity contribution in [2.45, 2.75) is 33.4 Å². The summed E-state index contributed by atoms with van der Waals surface area (Å²) < 4.78 is 2.21. The maximum Gasteiger partial charge on any atom is 0.127 e. The van der Waals surface area contributed by atoms with Gasteiger partial charge in [-0.05, 0) is 25.0 Å². The Morgan fingerprint density at radius 1 is 1.31 bits per heavy atom. The van der Waals surface area contributed by atoms with Crippen molar-refractivity contribution in [2.24, 2.45) is 11.7 Å². The van der Waals surface area contributed by atoms with Gasteiger partial charge in [-0.3, -0.25) is 0 Å². The van der Waals surface area contributed by atoms with E-state index in [0.717, 1.165) is 17.9 Å². The van der Waals surface area contributed by atoms with Gasteiger partial charge in [0.25, 0.3) is 0 Å². The molecular formula is C13H19N3. The molecule has 3 heteroatoms. The first-order valence-corrected chi connectivity index (χ1v) is 5.86. The lowest BCUT2D eigenvalue weighted by atomic mass is 10.1. The number of aromatic nitrogens is 2. The lowest BCUT2D eigenvalue weighted by Gasteiger charge is -2.16. The Morgan fingerprint density at radius 2 is 2.00 bits per heavy atom. The van der Waals surface area contributed by atoms with Gasteiger partial charge in [-0.15, -0.1) is 0 Å². The summed E-state index contributed by atoms with van der Waals surface area (Å²) in [5.74, 6) is 1.40. The van der Waals surface area contributed by atoms with Crippen molar-refractivity contribution in [1.29, 1.82) is 0 Å². The molecule has 1 unspecified atom stereocenters. The third-order valence-electron chi connectivity index (χ3n) is 3.02. The fourth-order valence-electron chi connectivity index (χ4n) is 1.98. The lowest BCUT2D eigenvalue weighted by Crippen LogP contribution is -2.21. The Bertz CT molecular complexity index is 485.